The van der Waals surface area contributed by atoms with Crippen LogP contribution in [0.2, 0.25) is 0 Å². The summed E-state index contributed by atoms with van der Waals surface area (Å²) in [7, 11) is 0. The van der Waals surface area contributed by atoms with Crippen molar-refractivity contribution in [2.24, 2.45) is 0 Å². The Balaban J connectivity index is 2.95. The first kappa shape index (κ1) is 11.4. The molecule has 0 aromatic heterocycles. The van der Waals surface area contributed by atoms with Gasteiger partial charge >= 0.3 is 0 Å². The molecule has 1 amide bonds. The highest BCUT2D eigenvalue weighted by molar-refractivity contribution is 5.74. The summed E-state index contributed by atoms with van der Waals surface area (Å²) in [5.41, 5.74) is 2.37. The van der Waals surface area contributed by atoms with Crippen LogP contribution in [0.4, 0.5) is 0 Å². The molecule has 72 valence electrons. The molecule has 0 spiro atoms. The van der Waals surface area contributed by atoms with Gasteiger partial charge < -0.3 is 0 Å². The first-order chi connectivity index (χ1) is 5.81. The van der Waals surface area contributed by atoms with Crippen molar-refractivity contribution in [3.8, 4) is 0 Å². The molecular weight excluding hydrogens is 154 g/mol. The van der Waals surface area contributed by atoms with E-state index in [-0.39, 0.29) is 5.91 Å². The predicted molar refractivity (Wildman–Crippen MR) is 48.5 cm³/mol. The van der Waals surface area contributed by atoms with Gasteiger partial charge in [-0.25, -0.2) is 5.48 Å². The van der Waals surface area contributed by atoms with Crippen molar-refractivity contribution in [3.63, 3.8) is 0 Å². The Bertz CT molecular complexity index is 115. The van der Waals surface area contributed by atoms with Crippen molar-refractivity contribution < 1.29 is 9.63 Å². The maximum absolute atomic E-state index is 10.7. The normalized spacial score (nSPS) is 9.83. The number of carbonyl (C=O) groups is 1. The molecule has 0 saturated heterocycles. The molecule has 0 saturated carbocycles. The molecule has 3 heteroatoms. The van der Waals surface area contributed by atoms with Crippen LogP contribution in [0.25, 0.3) is 0 Å². The van der Waals surface area contributed by atoms with Crippen LogP contribution in [0.1, 0.15) is 46.0 Å². The third kappa shape index (κ3) is 7.54. The largest absolute Gasteiger partial charge is 0.274 e. The molecule has 0 rings (SSSR count). The maximum atomic E-state index is 10.7. The van der Waals surface area contributed by atoms with E-state index in [0.717, 1.165) is 6.42 Å². The summed E-state index contributed by atoms with van der Waals surface area (Å²) in [6.07, 6.45) is 5.15. The molecule has 1 N–H and O–H groups in total. The zero-order chi connectivity index (χ0) is 9.23. The van der Waals surface area contributed by atoms with E-state index in [4.69, 9.17) is 4.84 Å². The van der Waals surface area contributed by atoms with Crippen LogP contribution < -0.4 is 5.48 Å². The number of hydrogen-bond donors (Lipinski definition) is 1. The van der Waals surface area contributed by atoms with Gasteiger partial charge in [0.15, 0.2) is 0 Å². The van der Waals surface area contributed by atoms with Crippen LogP contribution in [0.5, 0.6) is 0 Å². The van der Waals surface area contributed by atoms with E-state index in [1.807, 2.05) is 0 Å². The van der Waals surface area contributed by atoms with E-state index in [0.29, 0.717) is 13.0 Å². The third-order valence-corrected chi connectivity index (χ3v) is 1.61. The summed E-state index contributed by atoms with van der Waals surface area (Å²) in [6, 6.07) is 0. The van der Waals surface area contributed by atoms with Crippen molar-refractivity contribution in [3.05, 3.63) is 0 Å². The average molecular weight is 173 g/mol. The van der Waals surface area contributed by atoms with Gasteiger partial charge in [0, 0.05) is 6.42 Å². The van der Waals surface area contributed by atoms with E-state index < -0.39 is 0 Å². The van der Waals surface area contributed by atoms with Gasteiger partial charge in [0.25, 0.3) is 0 Å². The highest BCUT2D eigenvalue weighted by atomic mass is 16.6. The SMILES string of the molecule is CCCCCCONC(=O)CC. The number of hydrogen-bond acceptors (Lipinski definition) is 2. The smallest absolute Gasteiger partial charge is 0.243 e. The lowest BCUT2D eigenvalue weighted by Crippen LogP contribution is -2.22. The van der Waals surface area contributed by atoms with Gasteiger partial charge in [0.2, 0.25) is 5.91 Å². The van der Waals surface area contributed by atoms with Gasteiger partial charge in [-0.2, -0.15) is 0 Å². The van der Waals surface area contributed by atoms with Gasteiger partial charge in [-0.15, -0.1) is 0 Å². The fourth-order valence-electron chi connectivity index (χ4n) is 0.805. The van der Waals surface area contributed by atoms with E-state index >= 15 is 0 Å². The fourth-order valence-corrected chi connectivity index (χ4v) is 0.805. The number of nitrogens with one attached hydrogen (secondary N) is 1. The Morgan fingerprint density at radius 1 is 1.25 bits per heavy atom. The van der Waals surface area contributed by atoms with E-state index in [2.05, 4.69) is 12.4 Å². The number of carbonyl (C=O) groups excluding carboxylic acids is 1. The summed E-state index contributed by atoms with van der Waals surface area (Å²) >= 11 is 0. The Labute approximate surface area is 74.4 Å². The second-order valence-electron chi connectivity index (χ2n) is 2.79. The zero-order valence-corrected chi connectivity index (χ0v) is 8.06. The minimum atomic E-state index is -0.0505. The van der Waals surface area contributed by atoms with Crippen molar-refractivity contribution >= 4 is 5.91 Å². The molecule has 0 aliphatic rings. The molecule has 0 aliphatic carbocycles. The van der Waals surface area contributed by atoms with Gasteiger partial charge in [0.05, 0.1) is 6.61 Å². The van der Waals surface area contributed by atoms with Crippen LogP contribution in [0, 0.1) is 0 Å². The first-order valence-corrected chi connectivity index (χ1v) is 4.71. The molecule has 3 nitrogen and oxygen atoms in total. The zero-order valence-electron chi connectivity index (χ0n) is 8.06. The van der Waals surface area contributed by atoms with Crippen molar-refractivity contribution in [1.29, 1.82) is 0 Å². The second-order valence-corrected chi connectivity index (χ2v) is 2.79. The van der Waals surface area contributed by atoms with Gasteiger partial charge in [-0.05, 0) is 6.42 Å². The van der Waals surface area contributed by atoms with Gasteiger partial charge in [-0.1, -0.05) is 33.1 Å². The predicted octanol–water partition coefficient (Wildman–Crippen LogP) is 2.02. The lowest BCUT2D eigenvalue weighted by atomic mass is 10.2. The van der Waals surface area contributed by atoms with Crippen LogP contribution in [0.3, 0.4) is 0 Å². The molecule has 0 bridgehead atoms. The monoisotopic (exact) mass is 173 g/mol. The van der Waals surface area contributed by atoms with Crippen LogP contribution in [0.15, 0.2) is 0 Å². The summed E-state index contributed by atoms with van der Waals surface area (Å²) < 4.78 is 0. The van der Waals surface area contributed by atoms with Gasteiger partial charge in [0.1, 0.15) is 0 Å². The molecule has 0 heterocycles. The van der Waals surface area contributed by atoms with Crippen molar-refractivity contribution in [2.75, 3.05) is 6.61 Å². The molecule has 0 aromatic rings. The highest BCUT2D eigenvalue weighted by Gasteiger charge is 1.94. The molecule has 0 fully saturated rings. The highest BCUT2D eigenvalue weighted by Crippen LogP contribution is 1.97. The Morgan fingerprint density at radius 2 is 2.00 bits per heavy atom. The van der Waals surface area contributed by atoms with Crippen LogP contribution in [-0.4, -0.2) is 12.5 Å². The van der Waals surface area contributed by atoms with E-state index in [1.54, 1.807) is 6.92 Å². The Kier molecular flexibility index (Phi) is 8.12. The standard InChI is InChI=1S/C9H19NO2/c1-3-5-6-7-8-12-10-9(11)4-2/h3-8H2,1-2H3,(H,10,11). The van der Waals surface area contributed by atoms with Gasteiger partial charge in [-0.3, -0.25) is 9.63 Å². The molecular formula is C9H19NO2. The van der Waals surface area contributed by atoms with E-state index in [9.17, 15) is 4.79 Å². The Hall–Kier alpha value is -0.570. The minimum absolute atomic E-state index is 0.0505. The summed E-state index contributed by atoms with van der Waals surface area (Å²) in [6.45, 7) is 4.60. The average Bonchev–Trinajstić information content (AvgIpc) is 2.10. The van der Waals surface area contributed by atoms with Crippen LogP contribution >= 0.6 is 0 Å². The number of amides is 1. The maximum Gasteiger partial charge on any atom is 0.243 e. The molecule has 0 unspecified atom stereocenters. The Morgan fingerprint density at radius 3 is 2.58 bits per heavy atom. The van der Waals surface area contributed by atoms with Crippen LogP contribution in [-0.2, 0) is 9.63 Å². The summed E-state index contributed by atoms with van der Waals surface area (Å²) in [5, 5.41) is 0. The molecule has 0 atom stereocenters. The first-order valence-electron chi connectivity index (χ1n) is 4.71. The second kappa shape index (κ2) is 8.53. The summed E-state index contributed by atoms with van der Waals surface area (Å²) in [4.78, 5) is 15.6. The van der Waals surface area contributed by atoms with E-state index in [1.165, 1.54) is 19.3 Å². The number of hydroxylamine groups is 1. The number of unbranched alkanes of at least 4 members (excludes halogenated alkanes) is 3. The van der Waals surface area contributed by atoms with Crippen molar-refractivity contribution in [1.82, 2.24) is 5.48 Å². The topological polar surface area (TPSA) is 38.3 Å². The summed E-state index contributed by atoms with van der Waals surface area (Å²) in [5.74, 6) is -0.0505. The quantitative estimate of drug-likeness (QED) is 0.472. The third-order valence-electron chi connectivity index (χ3n) is 1.61. The molecule has 0 radical (unpaired) electrons. The number of rotatable bonds is 7. The lowest BCUT2D eigenvalue weighted by molar-refractivity contribution is -0.133. The fraction of sp³-hybridized carbons (Fsp3) is 0.889. The molecule has 12 heavy (non-hydrogen) atoms. The lowest BCUT2D eigenvalue weighted by Gasteiger charge is -2.03. The molecule has 0 aliphatic heterocycles. The van der Waals surface area contributed by atoms with Crippen molar-refractivity contribution in [2.45, 2.75) is 46.0 Å². The minimum Gasteiger partial charge on any atom is -0.274 e. The molecule has 0 aromatic carbocycles.